The van der Waals surface area contributed by atoms with Crippen LogP contribution in [0.3, 0.4) is 0 Å². The molecule has 0 aromatic heterocycles. The molecule has 2 rings (SSSR count). The van der Waals surface area contributed by atoms with Crippen molar-refractivity contribution < 1.29 is 13.3 Å². The maximum atomic E-state index is 11.1. The van der Waals surface area contributed by atoms with Gasteiger partial charge in [0.1, 0.15) is 0 Å². The molecule has 0 amide bonds. The SMILES string of the molecule is O=S1(=O)CCC(NOC2CCCC2)C1. The Balaban J connectivity index is 1.71. The van der Waals surface area contributed by atoms with E-state index >= 15 is 0 Å². The van der Waals surface area contributed by atoms with E-state index in [-0.39, 0.29) is 11.8 Å². The van der Waals surface area contributed by atoms with Gasteiger partial charge in [-0.2, -0.15) is 5.48 Å². The van der Waals surface area contributed by atoms with Crippen molar-refractivity contribution in [1.82, 2.24) is 5.48 Å². The number of rotatable bonds is 3. The van der Waals surface area contributed by atoms with Crippen LogP contribution in [0.5, 0.6) is 0 Å². The fourth-order valence-corrected chi connectivity index (χ4v) is 3.74. The van der Waals surface area contributed by atoms with Crippen LogP contribution in [0.25, 0.3) is 0 Å². The van der Waals surface area contributed by atoms with Crippen molar-refractivity contribution in [1.29, 1.82) is 0 Å². The van der Waals surface area contributed by atoms with E-state index < -0.39 is 9.84 Å². The van der Waals surface area contributed by atoms with Gasteiger partial charge in [-0.25, -0.2) is 8.42 Å². The van der Waals surface area contributed by atoms with Gasteiger partial charge in [-0.1, -0.05) is 12.8 Å². The summed E-state index contributed by atoms with van der Waals surface area (Å²) in [6, 6.07) is 0.0144. The molecule has 0 bridgehead atoms. The summed E-state index contributed by atoms with van der Waals surface area (Å²) in [5, 5.41) is 0. The van der Waals surface area contributed by atoms with Crippen LogP contribution in [-0.2, 0) is 14.7 Å². The zero-order chi connectivity index (χ0) is 10.0. The molecule has 2 aliphatic rings. The number of hydroxylamine groups is 1. The highest BCUT2D eigenvalue weighted by Crippen LogP contribution is 2.20. The molecule has 0 spiro atoms. The van der Waals surface area contributed by atoms with Crippen LogP contribution in [0, 0.1) is 0 Å². The van der Waals surface area contributed by atoms with Crippen molar-refractivity contribution in [2.75, 3.05) is 11.5 Å². The highest BCUT2D eigenvalue weighted by Gasteiger charge is 2.28. The van der Waals surface area contributed by atoms with Gasteiger partial charge in [-0.15, -0.1) is 0 Å². The monoisotopic (exact) mass is 219 g/mol. The standard InChI is InChI=1S/C9H17NO3S/c11-14(12)6-5-8(7-14)10-13-9-3-1-2-4-9/h8-10H,1-7H2. The summed E-state index contributed by atoms with van der Waals surface area (Å²) in [5.74, 6) is 0.540. The van der Waals surface area contributed by atoms with Gasteiger partial charge < -0.3 is 0 Å². The molecule has 1 saturated heterocycles. The Morgan fingerprint density at radius 2 is 1.86 bits per heavy atom. The average Bonchev–Trinajstić information content (AvgIpc) is 2.70. The summed E-state index contributed by atoms with van der Waals surface area (Å²) in [6.07, 6.45) is 5.66. The van der Waals surface area contributed by atoms with Gasteiger partial charge in [0, 0.05) is 6.04 Å². The zero-order valence-corrected chi connectivity index (χ0v) is 9.05. The highest BCUT2D eigenvalue weighted by molar-refractivity contribution is 7.91. The molecule has 1 N–H and O–H groups in total. The van der Waals surface area contributed by atoms with Crippen molar-refractivity contribution in [3.8, 4) is 0 Å². The molecule has 2 fully saturated rings. The van der Waals surface area contributed by atoms with Crippen molar-refractivity contribution in [3.05, 3.63) is 0 Å². The van der Waals surface area contributed by atoms with Crippen LogP contribution in [0.2, 0.25) is 0 Å². The van der Waals surface area contributed by atoms with Crippen LogP contribution in [0.4, 0.5) is 0 Å². The lowest BCUT2D eigenvalue weighted by atomic mass is 10.3. The minimum absolute atomic E-state index is 0.0144. The van der Waals surface area contributed by atoms with E-state index in [9.17, 15) is 8.42 Å². The normalized spacial score (nSPS) is 32.4. The van der Waals surface area contributed by atoms with Gasteiger partial charge >= 0.3 is 0 Å². The Hall–Kier alpha value is -0.130. The number of sulfone groups is 1. The van der Waals surface area contributed by atoms with Crippen molar-refractivity contribution in [3.63, 3.8) is 0 Å². The largest absolute Gasteiger partial charge is 0.298 e. The average molecular weight is 219 g/mol. The minimum atomic E-state index is -2.78. The van der Waals surface area contributed by atoms with Gasteiger partial charge in [-0.05, 0) is 19.3 Å². The molecular weight excluding hydrogens is 202 g/mol. The zero-order valence-electron chi connectivity index (χ0n) is 8.24. The van der Waals surface area contributed by atoms with Crippen molar-refractivity contribution in [2.45, 2.75) is 44.2 Å². The van der Waals surface area contributed by atoms with E-state index in [1.54, 1.807) is 0 Å². The first-order chi connectivity index (χ1) is 6.66. The Labute approximate surface area is 84.9 Å². The minimum Gasteiger partial charge on any atom is -0.298 e. The van der Waals surface area contributed by atoms with Crippen LogP contribution >= 0.6 is 0 Å². The van der Waals surface area contributed by atoms with Gasteiger partial charge in [0.05, 0.1) is 17.6 Å². The smallest absolute Gasteiger partial charge is 0.151 e. The van der Waals surface area contributed by atoms with Crippen molar-refractivity contribution >= 4 is 9.84 Å². The number of hydrogen-bond acceptors (Lipinski definition) is 4. The van der Waals surface area contributed by atoms with Crippen molar-refractivity contribution in [2.24, 2.45) is 0 Å². The molecule has 0 radical (unpaired) electrons. The lowest BCUT2D eigenvalue weighted by molar-refractivity contribution is -0.0357. The molecule has 1 saturated carbocycles. The van der Waals surface area contributed by atoms with E-state index in [2.05, 4.69) is 5.48 Å². The third-order valence-corrected chi connectivity index (χ3v) is 4.70. The maximum absolute atomic E-state index is 11.1. The molecule has 5 heteroatoms. The van der Waals surface area contributed by atoms with Gasteiger partial charge in [-0.3, -0.25) is 4.84 Å². The quantitative estimate of drug-likeness (QED) is 0.708. The first-order valence-corrected chi connectivity index (χ1v) is 7.09. The maximum Gasteiger partial charge on any atom is 0.151 e. The Kier molecular flexibility index (Phi) is 3.09. The molecule has 1 heterocycles. The molecule has 1 aliphatic carbocycles. The molecular formula is C9H17NO3S. The molecule has 14 heavy (non-hydrogen) atoms. The third-order valence-electron chi connectivity index (χ3n) is 2.94. The summed E-state index contributed by atoms with van der Waals surface area (Å²) in [5.41, 5.74) is 2.90. The van der Waals surface area contributed by atoms with E-state index in [1.807, 2.05) is 0 Å². The molecule has 1 unspecified atom stereocenters. The summed E-state index contributed by atoms with van der Waals surface area (Å²) < 4.78 is 22.3. The first-order valence-electron chi connectivity index (χ1n) is 5.27. The van der Waals surface area contributed by atoms with E-state index in [0.29, 0.717) is 18.3 Å². The van der Waals surface area contributed by atoms with Crippen LogP contribution in [-0.4, -0.2) is 32.1 Å². The van der Waals surface area contributed by atoms with Crippen LogP contribution in [0.1, 0.15) is 32.1 Å². The lowest BCUT2D eigenvalue weighted by Gasteiger charge is -2.15. The van der Waals surface area contributed by atoms with Crippen LogP contribution in [0.15, 0.2) is 0 Å². The lowest BCUT2D eigenvalue weighted by Crippen LogP contribution is -2.33. The summed E-state index contributed by atoms with van der Waals surface area (Å²) in [4.78, 5) is 5.47. The highest BCUT2D eigenvalue weighted by atomic mass is 32.2. The van der Waals surface area contributed by atoms with E-state index in [0.717, 1.165) is 12.8 Å². The molecule has 4 nitrogen and oxygen atoms in total. The van der Waals surface area contributed by atoms with Gasteiger partial charge in [0.2, 0.25) is 0 Å². The fourth-order valence-electron chi connectivity index (χ4n) is 2.09. The predicted octanol–water partition coefficient (Wildman–Crippen LogP) is 0.637. The Morgan fingerprint density at radius 3 is 2.43 bits per heavy atom. The fraction of sp³-hybridized carbons (Fsp3) is 1.00. The Bertz CT molecular complexity index is 282. The summed E-state index contributed by atoms with van der Waals surface area (Å²) in [7, 11) is -2.78. The summed E-state index contributed by atoms with van der Waals surface area (Å²) in [6.45, 7) is 0. The van der Waals surface area contributed by atoms with E-state index in [4.69, 9.17) is 4.84 Å². The molecule has 0 aromatic carbocycles. The number of nitrogens with one attached hydrogen (secondary N) is 1. The Morgan fingerprint density at radius 1 is 1.14 bits per heavy atom. The second-order valence-corrected chi connectivity index (χ2v) is 6.47. The first kappa shape index (κ1) is 10.4. The van der Waals surface area contributed by atoms with Crippen LogP contribution < -0.4 is 5.48 Å². The van der Waals surface area contributed by atoms with Gasteiger partial charge in [0.15, 0.2) is 9.84 Å². The summed E-state index contributed by atoms with van der Waals surface area (Å²) >= 11 is 0. The second-order valence-electron chi connectivity index (χ2n) is 4.24. The predicted molar refractivity (Wildman–Crippen MR) is 53.5 cm³/mol. The molecule has 0 aromatic rings. The second kappa shape index (κ2) is 4.16. The molecule has 1 atom stereocenters. The third kappa shape index (κ3) is 2.68. The number of hydrogen-bond donors (Lipinski definition) is 1. The molecule has 82 valence electrons. The van der Waals surface area contributed by atoms with E-state index in [1.165, 1.54) is 12.8 Å². The topological polar surface area (TPSA) is 55.4 Å². The van der Waals surface area contributed by atoms with Gasteiger partial charge in [0.25, 0.3) is 0 Å². The molecule has 1 aliphatic heterocycles.